The first-order chi connectivity index (χ1) is 13.2. The van der Waals surface area contributed by atoms with Gasteiger partial charge in [0, 0.05) is 39.1 Å². The molecule has 0 unspecified atom stereocenters. The van der Waals surface area contributed by atoms with Gasteiger partial charge >= 0.3 is 0 Å². The van der Waals surface area contributed by atoms with Crippen LogP contribution < -0.4 is 14.8 Å². The van der Waals surface area contributed by atoms with Gasteiger partial charge in [-0.1, -0.05) is 47.5 Å². The summed E-state index contributed by atoms with van der Waals surface area (Å²) in [5, 5.41) is 6.74. The van der Waals surface area contributed by atoms with E-state index >= 15 is 0 Å². The van der Waals surface area contributed by atoms with Gasteiger partial charge in [-0.15, -0.1) is 23.7 Å². The van der Waals surface area contributed by atoms with Gasteiger partial charge in [0.2, 0.25) is 0 Å². The number of halogens is 3. The summed E-state index contributed by atoms with van der Waals surface area (Å²) in [5.41, 5.74) is 1.92. The maximum absolute atomic E-state index is 6.27. The Morgan fingerprint density at radius 1 is 0.964 bits per heavy atom. The van der Waals surface area contributed by atoms with E-state index in [1.54, 1.807) is 17.4 Å². The van der Waals surface area contributed by atoms with E-state index in [0.29, 0.717) is 29.8 Å². The number of rotatable bonds is 9. The Morgan fingerprint density at radius 3 is 2.54 bits per heavy atom. The summed E-state index contributed by atoms with van der Waals surface area (Å²) >= 11 is 14.0. The highest BCUT2D eigenvalue weighted by molar-refractivity contribution is 7.09. The van der Waals surface area contributed by atoms with Crippen LogP contribution in [0.1, 0.15) is 22.9 Å². The van der Waals surface area contributed by atoms with Gasteiger partial charge in [-0.3, -0.25) is 0 Å². The Hall–Kier alpha value is -1.43. The lowest BCUT2D eigenvalue weighted by Crippen LogP contribution is -2.13. The number of hydrogen-bond acceptors (Lipinski definition) is 4. The molecule has 1 N–H and O–H groups in total. The van der Waals surface area contributed by atoms with E-state index in [4.69, 9.17) is 32.7 Å². The van der Waals surface area contributed by atoms with E-state index in [9.17, 15) is 0 Å². The average molecular weight is 459 g/mol. The van der Waals surface area contributed by atoms with Crippen molar-refractivity contribution >= 4 is 46.9 Å². The van der Waals surface area contributed by atoms with Crippen LogP contribution >= 0.6 is 46.9 Å². The molecule has 150 valence electrons. The predicted molar refractivity (Wildman–Crippen MR) is 121 cm³/mol. The highest BCUT2D eigenvalue weighted by atomic mass is 35.5. The molecule has 0 spiro atoms. The molecule has 0 amide bonds. The van der Waals surface area contributed by atoms with Crippen molar-refractivity contribution in [2.75, 3.05) is 6.61 Å². The van der Waals surface area contributed by atoms with Crippen molar-refractivity contribution < 1.29 is 9.47 Å². The highest BCUT2D eigenvalue weighted by Crippen LogP contribution is 2.33. The van der Waals surface area contributed by atoms with Crippen LogP contribution in [0.3, 0.4) is 0 Å². The lowest BCUT2D eigenvalue weighted by atomic mass is 10.1. The molecule has 3 rings (SSSR count). The second-order valence-electron chi connectivity index (χ2n) is 5.88. The molecule has 1 heterocycles. The van der Waals surface area contributed by atoms with Gasteiger partial charge in [0.15, 0.2) is 11.5 Å². The molecule has 0 saturated heterocycles. The van der Waals surface area contributed by atoms with Crippen molar-refractivity contribution in [3.63, 3.8) is 0 Å². The van der Waals surface area contributed by atoms with Gasteiger partial charge in [-0.2, -0.15) is 0 Å². The fourth-order valence-electron chi connectivity index (χ4n) is 2.66. The van der Waals surface area contributed by atoms with E-state index in [1.807, 2.05) is 37.3 Å². The molecule has 0 bridgehead atoms. The van der Waals surface area contributed by atoms with Crippen molar-refractivity contribution in [1.82, 2.24) is 5.32 Å². The quantitative estimate of drug-likeness (QED) is 0.385. The predicted octanol–water partition coefficient (Wildman–Crippen LogP) is 6.74. The van der Waals surface area contributed by atoms with Gasteiger partial charge in [0.1, 0.15) is 6.61 Å². The van der Waals surface area contributed by atoms with Crippen LogP contribution in [0.4, 0.5) is 0 Å². The molecule has 0 radical (unpaired) electrons. The van der Waals surface area contributed by atoms with Gasteiger partial charge in [0.25, 0.3) is 0 Å². The molecule has 1 aromatic heterocycles. The zero-order chi connectivity index (χ0) is 19.1. The zero-order valence-electron chi connectivity index (χ0n) is 15.4. The number of benzene rings is 2. The Kier molecular flexibility index (Phi) is 9.42. The third kappa shape index (κ3) is 6.29. The molecule has 0 atom stereocenters. The van der Waals surface area contributed by atoms with Crippen LogP contribution in [0.15, 0.2) is 53.9 Å². The molecule has 7 heteroatoms. The van der Waals surface area contributed by atoms with E-state index in [2.05, 4.69) is 22.8 Å². The molecule has 0 aliphatic rings. The van der Waals surface area contributed by atoms with Gasteiger partial charge < -0.3 is 14.8 Å². The van der Waals surface area contributed by atoms with Crippen molar-refractivity contribution in [2.24, 2.45) is 0 Å². The molecule has 0 aliphatic heterocycles. The highest BCUT2D eigenvalue weighted by Gasteiger charge is 2.12. The minimum Gasteiger partial charge on any atom is -0.490 e. The third-order valence-corrected chi connectivity index (χ3v) is 5.41. The van der Waals surface area contributed by atoms with Gasteiger partial charge in [0.05, 0.1) is 6.61 Å². The Morgan fingerprint density at radius 2 is 1.82 bits per heavy atom. The topological polar surface area (TPSA) is 30.5 Å². The summed E-state index contributed by atoms with van der Waals surface area (Å²) in [6.07, 6.45) is 0. The van der Waals surface area contributed by atoms with Gasteiger partial charge in [-0.05, 0) is 36.6 Å². The number of nitrogens with one attached hydrogen (secondary N) is 1. The molecular formula is C21H22Cl3NO2S. The fourth-order valence-corrected chi connectivity index (χ4v) is 3.79. The van der Waals surface area contributed by atoms with Crippen molar-refractivity contribution in [1.29, 1.82) is 0 Å². The lowest BCUT2D eigenvalue weighted by Gasteiger charge is -2.17. The number of ether oxygens (including phenoxy) is 2. The summed E-state index contributed by atoms with van der Waals surface area (Å²) in [5.74, 6) is 1.47. The summed E-state index contributed by atoms with van der Waals surface area (Å²) in [4.78, 5) is 1.30. The molecule has 3 nitrogen and oxygen atoms in total. The van der Waals surface area contributed by atoms with Gasteiger partial charge in [-0.25, -0.2) is 0 Å². The maximum atomic E-state index is 6.27. The van der Waals surface area contributed by atoms with E-state index in [0.717, 1.165) is 29.2 Å². The Labute approximate surface area is 186 Å². The first kappa shape index (κ1) is 22.9. The molecule has 0 fully saturated rings. The average Bonchev–Trinajstić information content (AvgIpc) is 3.16. The lowest BCUT2D eigenvalue weighted by molar-refractivity contribution is 0.266. The van der Waals surface area contributed by atoms with E-state index in [1.165, 1.54) is 4.88 Å². The Bertz CT molecular complexity index is 872. The normalized spacial score (nSPS) is 10.4. The third-order valence-electron chi connectivity index (χ3n) is 3.94. The van der Waals surface area contributed by atoms with Crippen LogP contribution in [-0.4, -0.2) is 6.61 Å². The molecular weight excluding hydrogens is 437 g/mol. The molecule has 0 aliphatic carbocycles. The first-order valence-corrected chi connectivity index (χ1v) is 10.4. The van der Waals surface area contributed by atoms with Crippen LogP contribution in [0.5, 0.6) is 11.5 Å². The first-order valence-electron chi connectivity index (χ1n) is 8.72. The maximum Gasteiger partial charge on any atom is 0.166 e. The van der Waals surface area contributed by atoms with Crippen LogP contribution in [0, 0.1) is 0 Å². The molecule has 3 aromatic rings. The summed E-state index contributed by atoms with van der Waals surface area (Å²) in [6.45, 7) is 4.38. The van der Waals surface area contributed by atoms with Crippen LogP contribution in [0.25, 0.3) is 0 Å². The summed E-state index contributed by atoms with van der Waals surface area (Å²) in [7, 11) is 0. The number of thiophene rings is 1. The van der Waals surface area contributed by atoms with E-state index < -0.39 is 0 Å². The second kappa shape index (κ2) is 11.5. The second-order valence-corrected chi connectivity index (χ2v) is 7.76. The van der Waals surface area contributed by atoms with E-state index in [-0.39, 0.29) is 12.4 Å². The summed E-state index contributed by atoms with van der Waals surface area (Å²) in [6, 6.07) is 15.5. The number of para-hydroxylation sites is 1. The standard InChI is InChI=1S/C21H21Cl2NO2S.ClH/c1-2-25-20-7-3-5-15(12-24-13-18-6-4-10-27-18)21(20)26-14-16-8-9-17(22)11-19(16)23;/h3-11,24H,2,12-14H2,1H3;1H. The minimum absolute atomic E-state index is 0. The summed E-state index contributed by atoms with van der Waals surface area (Å²) < 4.78 is 11.9. The number of hydrogen-bond donors (Lipinski definition) is 1. The monoisotopic (exact) mass is 457 g/mol. The SMILES string of the molecule is CCOc1cccc(CNCc2cccs2)c1OCc1ccc(Cl)cc1Cl.Cl. The van der Waals surface area contributed by atoms with Crippen molar-refractivity contribution in [3.8, 4) is 11.5 Å². The van der Waals surface area contributed by atoms with Crippen molar-refractivity contribution in [3.05, 3.63) is 80.0 Å². The largest absolute Gasteiger partial charge is 0.490 e. The molecule has 28 heavy (non-hydrogen) atoms. The Balaban J connectivity index is 0.00000280. The fraction of sp³-hybridized carbons (Fsp3) is 0.238. The van der Waals surface area contributed by atoms with Crippen molar-refractivity contribution in [2.45, 2.75) is 26.6 Å². The van der Waals surface area contributed by atoms with Crippen LogP contribution in [0.2, 0.25) is 10.0 Å². The molecule has 0 saturated carbocycles. The molecule has 2 aromatic carbocycles. The van der Waals surface area contributed by atoms with Crippen LogP contribution in [-0.2, 0) is 19.7 Å². The zero-order valence-corrected chi connectivity index (χ0v) is 18.6. The smallest absolute Gasteiger partial charge is 0.166 e. The minimum atomic E-state index is 0.